The minimum atomic E-state index is -0.365. The van der Waals surface area contributed by atoms with Gasteiger partial charge in [0.05, 0.1) is 6.61 Å². The van der Waals surface area contributed by atoms with Gasteiger partial charge in [0.1, 0.15) is 0 Å². The zero-order chi connectivity index (χ0) is 7.98. The van der Waals surface area contributed by atoms with Gasteiger partial charge in [0, 0.05) is 18.6 Å². The molecule has 0 saturated heterocycles. The molecule has 0 unspecified atom stereocenters. The van der Waals surface area contributed by atoms with Crippen molar-refractivity contribution in [2.75, 3.05) is 34.0 Å². The molecule has 0 amide bonds. The highest BCUT2D eigenvalue weighted by molar-refractivity contribution is 4.40. The summed E-state index contributed by atoms with van der Waals surface area (Å²) in [6.07, 6.45) is 0. The van der Waals surface area contributed by atoms with Crippen LogP contribution in [0.1, 0.15) is 0 Å². The van der Waals surface area contributed by atoms with Gasteiger partial charge in [0.15, 0.2) is 0 Å². The number of rotatable bonds is 5. The predicted octanol–water partition coefficient (Wildman–Crippen LogP) is -0.201. The Morgan fingerprint density at radius 1 is 1.70 bits per heavy atom. The van der Waals surface area contributed by atoms with E-state index in [0.717, 1.165) is 0 Å². The summed E-state index contributed by atoms with van der Waals surface area (Å²) in [4.78, 5) is 11.1. The van der Waals surface area contributed by atoms with Crippen LogP contribution >= 0.6 is 0 Å². The highest BCUT2D eigenvalue weighted by atomic mass is 16.6. The topological polar surface area (TPSA) is 55.6 Å². The van der Waals surface area contributed by atoms with Gasteiger partial charge in [-0.05, 0) is 7.05 Å². The summed E-state index contributed by atoms with van der Waals surface area (Å²) in [5.41, 5.74) is 0. The van der Waals surface area contributed by atoms with Gasteiger partial charge in [-0.2, -0.15) is 0 Å². The quantitative estimate of drug-likeness (QED) is 0.308. The first-order valence-electron chi connectivity index (χ1n) is 2.96. The first-order valence-corrected chi connectivity index (χ1v) is 2.96. The van der Waals surface area contributed by atoms with Crippen molar-refractivity contribution in [1.82, 2.24) is 4.90 Å². The van der Waals surface area contributed by atoms with E-state index in [2.05, 4.69) is 0 Å². The lowest BCUT2D eigenvalue weighted by Gasteiger charge is -2.09. The van der Waals surface area contributed by atoms with E-state index in [4.69, 9.17) is 4.74 Å². The van der Waals surface area contributed by atoms with Crippen molar-refractivity contribution in [3.05, 3.63) is 10.1 Å². The van der Waals surface area contributed by atoms with Crippen LogP contribution in [0.2, 0.25) is 0 Å². The van der Waals surface area contributed by atoms with Crippen molar-refractivity contribution in [2.45, 2.75) is 0 Å². The van der Waals surface area contributed by atoms with Gasteiger partial charge in [-0.25, -0.2) is 4.90 Å². The van der Waals surface area contributed by atoms with Gasteiger partial charge in [0.2, 0.25) is 0 Å². The Morgan fingerprint density at radius 2 is 2.30 bits per heavy atom. The smallest absolute Gasteiger partial charge is 0.259 e. The SMILES string of the molecule is COCCN(C)C[N+](=O)[O-]. The summed E-state index contributed by atoms with van der Waals surface area (Å²) < 4.78 is 4.73. The van der Waals surface area contributed by atoms with Crippen LogP contribution in [-0.4, -0.2) is 43.8 Å². The Hall–Kier alpha value is -0.680. The molecule has 0 bridgehead atoms. The van der Waals surface area contributed by atoms with Crippen molar-refractivity contribution in [3.63, 3.8) is 0 Å². The summed E-state index contributed by atoms with van der Waals surface area (Å²) in [6, 6.07) is 0. The van der Waals surface area contributed by atoms with E-state index in [9.17, 15) is 10.1 Å². The van der Waals surface area contributed by atoms with E-state index in [-0.39, 0.29) is 11.6 Å². The van der Waals surface area contributed by atoms with Gasteiger partial charge < -0.3 is 4.74 Å². The van der Waals surface area contributed by atoms with Crippen LogP contribution in [0.25, 0.3) is 0 Å². The summed E-state index contributed by atoms with van der Waals surface area (Å²) in [5, 5.41) is 9.90. The molecule has 0 aliphatic heterocycles. The first kappa shape index (κ1) is 9.32. The van der Waals surface area contributed by atoms with E-state index in [1.54, 1.807) is 19.1 Å². The maximum absolute atomic E-state index is 9.90. The molecule has 5 heteroatoms. The average molecular weight is 148 g/mol. The lowest BCUT2D eigenvalue weighted by Crippen LogP contribution is -2.28. The van der Waals surface area contributed by atoms with E-state index in [1.807, 2.05) is 0 Å². The molecule has 0 aromatic heterocycles. The van der Waals surface area contributed by atoms with Crippen LogP contribution in [0.15, 0.2) is 0 Å². The van der Waals surface area contributed by atoms with Gasteiger partial charge in [-0.3, -0.25) is 10.1 Å². The maximum Gasteiger partial charge on any atom is 0.259 e. The number of ether oxygens (including phenoxy) is 1. The molecular weight excluding hydrogens is 136 g/mol. The highest BCUT2D eigenvalue weighted by Gasteiger charge is 2.02. The standard InChI is InChI=1S/C5H12N2O3/c1-6(3-4-10-2)5-7(8)9/h3-5H2,1-2H3. The van der Waals surface area contributed by atoms with Crippen LogP contribution in [-0.2, 0) is 4.74 Å². The lowest BCUT2D eigenvalue weighted by atomic mass is 10.6. The van der Waals surface area contributed by atoms with E-state index in [0.29, 0.717) is 13.2 Å². The van der Waals surface area contributed by atoms with Crippen molar-refractivity contribution < 1.29 is 9.66 Å². The molecule has 0 spiro atoms. The third kappa shape index (κ3) is 5.46. The van der Waals surface area contributed by atoms with Crippen molar-refractivity contribution in [1.29, 1.82) is 0 Å². The molecule has 0 saturated carbocycles. The monoisotopic (exact) mass is 148 g/mol. The molecule has 0 aromatic carbocycles. The Kier molecular flexibility index (Phi) is 4.78. The van der Waals surface area contributed by atoms with Crippen LogP contribution in [0.5, 0.6) is 0 Å². The van der Waals surface area contributed by atoms with E-state index >= 15 is 0 Å². The summed E-state index contributed by atoms with van der Waals surface area (Å²) >= 11 is 0. The molecule has 0 aliphatic carbocycles. The summed E-state index contributed by atoms with van der Waals surface area (Å²) in [6.45, 7) is 1.01. The van der Waals surface area contributed by atoms with Gasteiger partial charge in [-0.15, -0.1) is 0 Å². The summed E-state index contributed by atoms with van der Waals surface area (Å²) in [7, 11) is 3.25. The fraction of sp³-hybridized carbons (Fsp3) is 1.00. The first-order chi connectivity index (χ1) is 4.66. The third-order valence-corrected chi connectivity index (χ3v) is 1.03. The molecule has 0 aromatic rings. The van der Waals surface area contributed by atoms with Gasteiger partial charge >= 0.3 is 0 Å². The van der Waals surface area contributed by atoms with Crippen molar-refractivity contribution >= 4 is 0 Å². The molecule has 0 radical (unpaired) electrons. The molecule has 10 heavy (non-hydrogen) atoms. The zero-order valence-corrected chi connectivity index (χ0v) is 6.24. The number of likely N-dealkylation sites (N-methyl/N-ethyl adjacent to an activating group) is 1. The number of methoxy groups -OCH3 is 1. The fourth-order valence-corrected chi connectivity index (χ4v) is 0.515. The highest BCUT2D eigenvalue weighted by Crippen LogP contribution is 1.81. The second kappa shape index (κ2) is 5.13. The van der Waals surface area contributed by atoms with Crippen molar-refractivity contribution in [2.24, 2.45) is 0 Å². The number of nitrogens with zero attached hydrogens (tertiary/aromatic N) is 2. The molecule has 0 atom stereocenters. The third-order valence-electron chi connectivity index (χ3n) is 1.03. The van der Waals surface area contributed by atoms with Gasteiger partial charge in [-0.1, -0.05) is 0 Å². The second-order valence-electron chi connectivity index (χ2n) is 2.05. The number of nitro groups is 1. The molecule has 0 rings (SSSR count). The Labute approximate surface area is 59.7 Å². The second-order valence-corrected chi connectivity index (χ2v) is 2.05. The zero-order valence-electron chi connectivity index (χ0n) is 6.24. The van der Waals surface area contributed by atoms with Gasteiger partial charge in [0.25, 0.3) is 6.67 Å². The minimum absolute atomic E-state index is 0.122. The average Bonchev–Trinajstić information content (AvgIpc) is 1.82. The molecule has 0 N–H and O–H groups in total. The van der Waals surface area contributed by atoms with Crippen molar-refractivity contribution in [3.8, 4) is 0 Å². The summed E-state index contributed by atoms with van der Waals surface area (Å²) in [5.74, 6) is 0. The van der Waals surface area contributed by atoms with E-state index < -0.39 is 0 Å². The molecule has 0 aliphatic rings. The minimum Gasteiger partial charge on any atom is -0.383 e. The van der Waals surface area contributed by atoms with Crippen LogP contribution in [0.3, 0.4) is 0 Å². The Balaban J connectivity index is 3.25. The lowest BCUT2D eigenvalue weighted by molar-refractivity contribution is -0.502. The molecule has 0 heterocycles. The molecule has 0 fully saturated rings. The molecule has 60 valence electrons. The van der Waals surface area contributed by atoms with Crippen LogP contribution in [0.4, 0.5) is 0 Å². The van der Waals surface area contributed by atoms with Crippen LogP contribution < -0.4 is 0 Å². The Morgan fingerprint density at radius 3 is 2.70 bits per heavy atom. The van der Waals surface area contributed by atoms with Crippen LogP contribution in [0, 0.1) is 10.1 Å². The molecule has 5 nitrogen and oxygen atoms in total. The largest absolute Gasteiger partial charge is 0.383 e. The predicted molar refractivity (Wildman–Crippen MR) is 36.4 cm³/mol. The fourth-order valence-electron chi connectivity index (χ4n) is 0.515. The van der Waals surface area contributed by atoms with E-state index in [1.165, 1.54) is 0 Å². The maximum atomic E-state index is 9.90. The molecular formula is C5H12N2O3. The number of hydrogen-bond donors (Lipinski definition) is 0. The Bertz CT molecular complexity index is 107. The normalized spacial score (nSPS) is 10.3. The number of hydrogen-bond acceptors (Lipinski definition) is 4.